The summed E-state index contributed by atoms with van der Waals surface area (Å²) in [7, 11) is 0. The maximum absolute atomic E-state index is 13.9. The summed E-state index contributed by atoms with van der Waals surface area (Å²) in [6.07, 6.45) is -0.201. The third-order valence-corrected chi connectivity index (χ3v) is 3.62. The van der Waals surface area contributed by atoms with Crippen LogP contribution >= 0.6 is 0 Å². The number of carbonyl (C=O) groups excluding carboxylic acids is 2. The molecule has 2 rings (SSSR count). The van der Waals surface area contributed by atoms with Crippen LogP contribution in [0, 0.1) is 17.5 Å². The topological polar surface area (TPSA) is 46.6 Å². The number of likely N-dealkylation sites (tertiary alicyclic amines) is 1. The molecule has 0 aromatic heterocycles. The largest absolute Gasteiger partial charge is 0.444 e. The lowest BCUT2D eigenvalue weighted by molar-refractivity contribution is -0.111. The summed E-state index contributed by atoms with van der Waals surface area (Å²) in [5.74, 6) is -4.16. The molecule has 126 valence electrons. The fourth-order valence-electron chi connectivity index (χ4n) is 2.65. The van der Waals surface area contributed by atoms with Gasteiger partial charge in [-0.05, 0) is 39.3 Å². The Morgan fingerprint density at radius 2 is 1.87 bits per heavy atom. The molecule has 1 saturated heterocycles. The number of nitrogens with zero attached hydrogens (tertiary/aromatic N) is 1. The second-order valence-corrected chi connectivity index (χ2v) is 6.53. The molecule has 4 nitrogen and oxygen atoms in total. The van der Waals surface area contributed by atoms with Crippen LogP contribution in [0.1, 0.15) is 38.7 Å². The zero-order valence-electron chi connectivity index (χ0n) is 13.1. The van der Waals surface area contributed by atoms with Gasteiger partial charge in [-0.2, -0.15) is 0 Å². The molecule has 1 heterocycles. The first kappa shape index (κ1) is 17.3. The number of hydrogen-bond donors (Lipinski definition) is 0. The summed E-state index contributed by atoms with van der Waals surface area (Å²) < 4.78 is 46.3. The summed E-state index contributed by atoms with van der Waals surface area (Å²) in [6, 6.07) is 0.670. The van der Waals surface area contributed by atoms with Gasteiger partial charge in [0, 0.05) is 18.0 Å². The molecule has 1 fully saturated rings. The number of aldehydes is 1. The summed E-state index contributed by atoms with van der Waals surface area (Å²) in [6.45, 7) is 4.89. The van der Waals surface area contributed by atoms with Crippen molar-refractivity contribution >= 4 is 12.4 Å². The SMILES string of the molecule is CC(C)(C)OC(=O)N1CC(c2c(F)ccc(F)c2F)CC1C=O. The van der Waals surface area contributed by atoms with Crippen molar-refractivity contribution in [3.05, 3.63) is 35.1 Å². The lowest BCUT2D eigenvalue weighted by atomic mass is 9.95. The first-order valence-electron chi connectivity index (χ1n) is 7.22. The van der Waals surface area contributed by atoms with E-state index in [1.807, 2.05) is 0 Å². The van der Waals surface area contributed by atoms with Gasteiger partial charge in [0.25, 0.3) is 0 Å². The Kier molecular flexibility index (Phi) is 4.68. The van der Waals surface area contributed by atoms with Gasteiger partial charge < -0.3 is 9.53 Å². The van der Waals surface area contributed by atoms with Crippen molar-refractivity contribution in [1.29, 1.82) is 0 Å². The van der Waals surface area contributed by atoms with Crippen molar-refractivity contribution in [3.8, 4) is 0 Å². The zero-order chi connectivity index (χ0) is 17.4. The Morgan fingerprint density at radius 3 is 2.43 bits per heavy atom. The van der Waals surface area contributed by atoms with Gasteiger partial charge >= 0.3 is 6.09 Å². The summed E-state index contributed by atoms with van der Waals surface area (Å²) >= 11 is 0. The van der Waals surface area contributed by atoms with Gasteiger partial charge in [-0.3, -0.25) is 4.90 Å². The minimum atomic E-state index is -1.29. The molecule has 0 aliphatic carbocycles. The molecule has 0 saturated carbocycles. The highest BCUT2D eigenvalue weighted by Gasteiger charge is 2.40. The van der Waals surface area contributed by atoms with Gasteiger partial charge in [-0.25, -0.2) is 18.0 Å². The number of ether oxygens (including phenoxy) is 1. The van der Waals surface area contributed by atoms with Gasteiger partial charge in [0.1, 0.15) is 17.7 Å². The number of halogens is 3. The van der Waals surface area contributed by atoms with Crippen molar-refractivity contribution in [2.45, 2.75) is 44.8 Å². The number of rotatable bonds is 2. The molecular formula is C16H18F3NO3. The molecule has 1 aliphatic rings. The highest BCUT2D eigenvalue weighted by atomic mass is 19.2. The van der Waals surface area contributed by atoms with Crippen LogP contribution in [-0.2, 0) is 9.53 Å². The molecule has 0 spiro atoms. The highest BCUT2D eigenvalue weighted by molar-refractivity contribution is 5.75. The van der Waals surface area contributed by atoms with Crippen molar-refractivity contribution in [2.75, 3.05) is 6.54 Å². The third kappa shape index (κ3) is 3.65. The molecule has 1 amide bonds. The Balaban J connectivity index is 2.27. The van der Waals surface area contributed by atoms with Gasteiger partial charge in [0.05, 0.1) is 6.04 Å². The Morgan fingerprint density at radius 1 is 1.26 bits per heavy atom. The van der Waals surface area contributed by atoms with Crippen LogP contribution in [-0.4, -0.2) is 35.5 Å². The van der Waals surface area contributed by atoms with E-state index in [2.05, 4.69) is 0 Å². The van der Waals surface area contributed by atoms with E-state index in [0.29, 0.717) is 12.4 Å². The molecule has 2 atom stereocenters. The van der Waals surface area contributed by atoms with Crippen LogP contribution in [0.5, 0.6) is 0 Å². The van der Waals surface area contributed by atoms with E-state index >= 15 is 0 Å². The maximum Gasteiger partial charge on any atom is 0.410 e. The van der Waals surface area contributed by atoms with E-state index in [-0.39, 0.29) is 13.0 Å². The predicted octanol–water partition coefficient (Wildman–Crippen LogP) is 3.40. The molecule has 0 radical (unpaired) electrons. The van der Waals surface area contributed by atoms with Crippen LogP contribution in [0.15, 0.2) is 12.1 Å². The molecule has 0 bridgehead atoms. The van der Waals surface area contributed by atoms with E-state index in [0.717, 1.165) is 11.0 Å². The minimum absolute atomic E-state index is 0.0139. The average molecular weight is 329 g/mol. The monoisotopic (exact) mass is 329 g/mol. The lowest BCUT2D eigenvalue weighted by Crippen LogP contribution is -2.40. The fourth-order valence-corrected chi connectivity index (χ4v) is 2.65. The Labute approximate surface area is 132 Å². The summed E-state index contributed by atoms with van der Waals surface area (Å²) in [5.41, 5.74) is -1.21. The van der Waals surface area contributed by atoms with Gasteiger partial charge in [-0.1, -0.05) is 0 Å². The predicted molar refractivity (Wildman–Crippen MR) is 76.5 cm³/mol. The number of carbonyl (C=O) groups is 2. The Bertz CT molecular complexity index is 628. The molecule has 23 heavy (non-hydrogen) atoms. The van der Waals surface area contributed by atoms with Gasteiger partial charge in [0.2, 0.25) is 0 Å². The minimum Gasteiger partial charge on any atom is -0.444 e. The molecular weight excluding hydrogens is 311 g/mol. The first-order chi connectivity index (χ1) is 10.6. The van der Waals surface area contributed by atoms with Gasteiger partial charge in [-0.15, -0.1) is 0 Å². The highest BCUT2D eigenvalue weighted by Crippen LogP contribution is 2.35. The molecule has 1 aromatic carbocycles. The standard InChI is InChI=1S/C16H18F3NO3/c1-16(2,3)23-15(22)20-7-9(6-10(20)8-21)13-11(17)4-5-12(18)14(13)19/h4-5,8-10H,6-7H2,1-3H3. The summed E-state index contributed by atoms with van der Waals surface area (Å²) in [5, 5.41) is 0. The molecule has 1 aliphatic heterocycles. The van der Waals surface area contributed by atoms with E-state index in [9.17, 15) is 22.8 Å². The van der Waals surface area contributed by atoms with Crippen molar-refractivity contribution in [3.63, 3.8) is 0 Å². The van der Waals surface area contributed by atoms with Crippen molar-refractivity contribution in [1.82, 2.24) is 4.90 Å². The second kappa shape index (κ2) is 6.22. The fraction of sp³-hybridized carbons (Fsp3) is 0.500. The van der Waals surface area contributed by atoms with E-state index in [4.69, 9.17) is 4.74 Å². The van der Waals surface area contributed by atoms with Crippen LogP contribution in [0.25, 0.3) is 0 Å². The van der Waals surface area contributed by atoms with Crippen LogP contribution in [0.2, 0.25) is 0 Å². The lowest BCUT2D eigenvalue weighted by Gasteiger charge is -2.26. The smallest absolute Gasteiger partial charge is 0.410 e. The maximum atomic E-state index is 13.9. The van der Waals surface area contributed by atoms with Crippen molar-refractivity contribution < 1.29 is 27.5 Å². The van der Waals surface area contributed by atoms with E-state index in [1.54, 1.807) is 20.8 Å². The van der Waals surface area contributed by atoms with Gasteiger partial charge in [0.15, 0.2) is 11.6 Å². The normalized spacial score (nSPS) is 21.4. The quantitative estimate of drug-likeness (QED) is 0.617. The van der Waals surface area contributed by atoms with Crippen molar-refractivity contribution in [2.24, 2.45) is 0 Å². The Hall–Kier alpha value is -2.05. The first-order valence-corrected chi connectivity index (χ1v) is 7.22. The summed E-state index contributed by atoms with van der Waals surface area (Å²) in [4.78, 5) is 24.4. The number of benzene rings is 1. The number of amides is 1. The number of hydrogen-bond acceptors (Lipinski definition) is 3. The van der Waals surface area contributed by atoms with E-state index < -0.39 is 46.7 Å². The van der Waals surface area contributed by atoms with E-state index in [1.165, 1.54) is 0 Å². The molecule has 2 unspecified atom stereocenters. The molecule has 7 heteroatoms. The zero-order valence-corrected chi connectivity index (χ0v) is 13.1. The van der Waals surface area contributed by atoms with Crippen LogP contribution < -0.4 is 0 Å². The average Bonchev–Trinajstić information content (AvgIpc) is 2.85. The van der Waals surface area contributed by atoms with Crippen LogP contribution in [0.3, 0.4) is 0 Å². The second-order valence-electron chi connectivity index (χ2n) is 6.53. The van der Waals surface area contributed by atoms with Crippen LogP contribution in [0.4, 0.5) is 18.0 Å². The molecule has 0 N–H and O–H groups in total. The third-order valence-electron chi connectivity index (χ3n) is 3.62. The molecule has 1 aromatic rings.